The van der Waals surface area contributed by atoms with E-state index in [1.807, 2.05) is 4.72 Å². The Morgan fingerprint density at radius 1 is 0.871 bits per heavy atom. The van der Waals surface area contributed by atoms with Crippen molar-refractivity contribution in [3.8, 4) is 17.2 Å². The summed E-state index contributed by atoms with van der Waals surface area (Å²) in [5.41, 5.74) is -1.78. The van der Waals surface area contributed by atoms with Gasteiger partial charge in [-0.15, -0.1) is 0 Å². The van der Waals surface area contributed by atoms with Crippen LogP contribution in [0.4, 0.5) is 27.6 Å². The zero-order valence-corrected chi connectivity index (χ0v) is 16.5. The minimum atomic E-state index is -4.79. The molecule has 164 valence electrons. The fraction of sp³-hybridized carbons (Fsp3) is 0.100. The predicted octanol–water partition coefficient (Wildman–Crippen LogP) is 5.59. The minimum Gasteiger partial charge on any atom is -0.493 e. The third kappa shape index (κ3) is 5.05. The number of ether oxygens (including phenoxy) is 2. The number of sulfonamides is 1. The Hall–Kier alpha value is -3.34. The number of benzene rings is 3. The van der Waals surface area contributed by atoms with Crippen LogP contribution in [0.3, 0.4) is 0 Å². The Morgan fingerprint density at radius 3 is 2.16 bits per heavy atom. The molecule has 0 aromatic heterocycles. The highest BCUT2D eigenvalue weighted by atomic mass is 32.2. The first-order chi connectivity index (χ1) is 14.5. The van der Waals surface area contributed by atoms with Gasteiger partial charge in [-0.2, -0.15) is 13.2 Å². The normalized spacial score (nSPS) is 11.8. The van der Waals surface area contributed by atoms with E-state index in [0.717, 1.165) is 6.07 Å². The van der Waals surface area contributed by atoms with Gasteiger partial charge in [-0.1, -0.05) is 12.1 Å². The molecule has 11 heteroatoms. The topological polar surface area (TPSA) is 64.6 Å². The average Bonchev–Trinajstić information content (AvgIpc) is 2.68. The first kappa shape index (κ1) is 22.3. The zero-order valence-electron chi connectivity index (χ0n) is 15.7. The number of hydrogen-bond acceptors (Lipinski definition) is 4. The Morgan fingerprint density at radius 2 is 1.55 bits per heavy atom. The molecule has 0 spiro atoms. The lowest BCUT2D eigenvalue weighted by Gasteiger charge is -2.17. The van der Waals surface area contributed by atoms with Gasteiger partial charge in [0.2, 0.25) is 0 Å². The monoisotopic (exact) mass is 459 g/mol. The van der Waals surface area contributed by atoms with E-state index in [-0.39, 0.29) is 17.2 Å². The van der Waals surface area contributed by atoms with E-state index in [1.165, 1.54) is 19.2 Å². The second-order valence-electron chi connectivity index (χ2n) is 6.14. The number of halogens is 5. The van der Waals surface area contributed by atoms with Crippen molar-refractivity contribution in [2.24, 2.45) is 0 Å². The molecular weight excluding hydrogens is 445 g/mol. The van der Waals surface area contributed by atoms with Crippen LogP contribution in [-0.4, -0.2) is 15.5 Å². The van der Waals surface area contributed by atoms with Crippen LogP contribution in [0.15, 0.2) is 65.6 Å². The maximum Gasteiger partial charge on any atom is 0.416 e. The summed E-state index contributed by atoms with van der Waals surface area (Å²) in [6.45, 7) is 0. The van der Waals surface area contributed by atoms with Crippen LogP contribution in [-0.2, 0) is 16.2 Å². The third-order valence-corrected chi connectivity index (χ3v) is 5.42. The first-order valence-electron chi connectivity index (χ1n) is 8.51. The second-order valence-corrected chi connectivity index (χ2v) is 7.79. The van der Waals surface area contributed by atoms with Crippen molar-refractivity contribution >= 4 is 15.7 Å². The van der Waals surface area contributed by atoms with Crippen LogP contribution < -0.4 is 14.2 Å². The molecular formula is C20H14F5NO4S. The number of anilines is 1. The molecule has 3 rings (SSSR count). The Kier molecular flexibility index (Phi) is 6.07. The summed E-state index contributed by atoms with van der Waals surface area (Å²) in [5, 5.41) is 0. The number of alkyl halides is 3. The van der Waals surface area contributed by atoms with Gasteiger partial charge in [0.1, 0.15) is 16.5 Å². The lowest BCUT2D eigenvalue weighted by atomic mass is 10.2. The van der Waals surface area contributed by atoms with Gasteiger partial charge in [-0.05, 0) is 42.5 Å². The molecule has 0 fully saturated rings. The molecule has 1 N–H and O–H groups in total. The zero-order chi connectivity index (χ0) is 22.8. The minimum absolute atomic E-state index is 0.0955. The maximum absolute atomic E-state index is 14.0. The Bertz CT molecular complexity index is 1210. The van der Waals surface area contributed by atoms with Crippen LogP contribution in [0.5, 0.6) is 17.2 Å². The summed E-state index contributed by atoms with van der Waals surface area (Å²) in [6.07, 6.45) is -4.79. The van der Waals surface area contributed by atoms with Gasteiger partial charge in [0.25, 0.3) is 10.0 Å². The molecule has 3 aromatic carbocycles. The molecule has 0 heterocycles. The predicted molar refractivity (Wildman–Crippen MR) is 102 cm³/mol. The van der Waals surface area contributed by atoms with Gasteiger partial charge in [0, 0.05) is 6.07 Å². The van der Waals surface area contributed by atoms with Gasteiger partial charge < -0.3 is 9.47 Å². The first-order valence-corrected chi connectivity index (χ1v) is 9.99. The summed E-state index contributed by atoms with van der Waals surface area (Å²) in [4.78, 5) is -0.949. The number of rotatable bonds is 6. The van der Waals surface area contributed by atoms with Gasteiger partial charge in [-0.25, -0.2) is 17.2 Å². The van der Waals surface area contributed by atoms with Gasteiger partial charge in [0.05, 0.1) is 18.4 Å². The standard InChI is InChI=1S/C20H14F5NO4S/c1-29-17-4-2-3-5-18(17)30-16-8-6-12(20(23,24)25)10-15(16)26-31(27,28)19-9-7-13(21)11-14(19)22/h2-11,26H,1H3. The van der Waals surface area contributed by atoms with Crippen molar-refractivity contribution in [3.05, 3.63) is 77.9 Å². The summed E-state index contributed by atoms with van der Waals surface area (Å²) in [5.74, 6) is -2.40. The van der Waals surface area contributed by atoms with Crippen molar-refractivity contribution < 1.29 is 39.8 Å². The van der Waals surface area contributed by atoms with E-state index in [9.17, 15) is 30.4 Å². The van der Waals surface area contributed by atoms with E-state index >= 15 is 0 Å². The van der Waals surface area contributed by atoms with Crippen LogP contribution in [0.2, 0.25) is 0 Å². The molecule has 5 nitrogen and oxygen atoms in total. The second kappa shape index (κ2) is 8.42. The van der Waals surface area contributed by atoms with Crippen LogP contribution in [0.25, 0.3) is 0 Å². The summed E-state index contributed by atoms with van der Waals surface area (Å²) >= 11 is 0. The van der Waals surface area contributed by atoms with Crippen molar-refractivity contribution in [3.63, 3.8) is 0 Å². The highest BCUT2D eigenvalue weighted by Gasteiger charge is 2.32. The van der Waals surface area contributed by atoms with Crippen molar-refractivity contribution in [2.75, 3.05) is 11.8 Å². The van der Waals surface area contributed by atoms with E-state index < -0.39 is 44.0 Å². The van der Waals surface area contributed by atoms with E-state index in [4.69, 9.17) is 9.47 Å². The largest absolute Gasteiger partial charge is 0.493 e. The molecule has 0 unspecified atom stereocenters. The lowest BCUT2D eigenvalue weighted by molar-refractivity contribution is -0.137. The van der Waals surface area contributed by atoms with Gasteiger partial charge >= 0.3 is 6.18 Å². The summed E-state index contributed by atoms with van der Waals surface area (Å²) < 4.78 is 104. The molecule has 0 saturated carbocycles. The number of nitrogens with one attached hydrogen (secondary N) is 1. The number of para-hydroxylation sites is 2. The van der Waals surface area contributed by atoms with Crippen LogP contribution in [0, 0.1) is 11.6 Å². The highest BCUT2D eigenvalue weighted by Crippen LogP contribution is 2.39. The number of hydrogen-bond donors (Lipinski definition) is 1. The van der Waals surface area contributed by atoms with Gasteiger partial charge in [-0.3, -0.25) is 4.72 Å². The summed E-state index contributed by atoms with van der Waals surface area (Å²) in [7, 11) is -3.38. The van der Waals surface area contributed by atoms with Crippen molar-refractivity contribution in [1.82, 2.24) is 0 Å². The van der Waals surface area contributed by atoms with E-state index in [2.05, 4.69) is 0 Å². The molecule has 0 radical (unpaired) electrons. The van der Waals surface area contributed by atoms with Crippen molar-refractivity contribution in [2.45, 2.75) is 11.1 Å². The van der Waals surface area contributed by atoms with E-state index in [1.54, 1.807) is 12.1 Å². The molecule has 0 bridgehead atoms. The third-order valence-electron chi connectivity index (χ3n) is 4.02. The maximum atomic E-state index is 14.0. The fourth-order valence-electron chi connectivity index (χ4n) is 2.59. The average molecular weight is 459 g/mol. The number of methoxy groups -OCH3 is 1. The molecule has 31 heavy (non-hydrogen) atoms. The molecule has 0 aliphatic heterocycles. The van der Waals surface area contributed by atoms with Crippen molar-refractivity contribution in [1.29, 1.82) is 0 Å². The molecule has 0 amide bonds. The molecule has 0 saturated heterocycles. The molecule has 3 aromatic rings. The Labute approximate surface area is 174 Å². The smallest absolute Gasteiger partial charge is 0.416 e. The summed E-state index contributed by atoms with van der Waals surface area (Å²) in [6, 6.07) is 9.98. The molecule has 0 aliphatic rings. The quantitative estimate of drug-likeness (QED) is 0.489. The molecule has 0 aliphatic carbocycles. The SMILES string of the molecule is COc1ccccc1Oc1ccc(C(F)(F)F)cc1NS(=O)(=O)c1ccc(F)cc1F. The Balaban J connectivity index is 2.07. The fourth-order valence-corrected chi connectivity index (χ4v) is 3.71. The lowest BCUT2D eigenvalue weighted by Crippen LogP contribution is -2.16. The van der Waals surface area contributed by atoms with Crippen LogP contribution >= 0.6 is 0 Å². The van der Waals surface area contributed by atoms with Crippen LogP contribution in [0.1, 0.15) is 5.56 Å². The molecule has 0 atom stereocenters. The van der Waals surface area contributed by atoms with E-state index in [0.29, 0.717) is 30.3 Å². The highest BCUT2D eigenvalue weighted by molar-refractivity contribution is 7.92. The van der Waals surface area contributed by atoms with Gasteiger partial charge in [0.15, 0.2) is 17.2 Å².